The molecule has 2 aromatic heterocycles. The molecule has 1 aliphatic carbocycles. The number of hydrogen-bond acceptors (Lipinski definition) is 7. The fraction of sp³-hybridized carbons (Fsp3) is 0.483. The number of nitrogens with zero attached hydrogens (tertiary/aromatic N) is 3. The van der Waals surface area contributed by atoms with Crippen LogP contribution in [0.4, 0.5) is 15.8 Å². The number of methoxy groups -OCH3 is 1. The molecule has 198 valence electrons. The van der Waals surface area contributed by atoms with Crippen molar-refractivity contribution in [3.05, 3.63) is 59.8 Å². The van der Waals surface area contributed by atoms with Crippen molar-refractivity contribution in [3.63, 3.8) is 0 Å². The third-order valence-electron chi connectivity index (χ3n) is 7.62. The lowest BCUT2D eigenvalue weighted by molar-refractivity contribution is 0.0819. The van der Waals surface area contributed by atoms with Gasteiger partial charge < -0.3 is 20.7 Å². The molecule has 0 spiro atoms. The molecular weight excluding hydrogens is 469 g/mol. The molecule has 1 saturated carbocycles. The monoisotopic (exact) mass is 507 g/mol. The van der Waals surface area contributed by atoms with Crippen LogP contribution in [0.1, 0.15) is 60.9 Å². The Hall–Kier alpha value is -3.10. The molecule has 2 fully saturated rings. The van der Waals surface area contributed by atoms with Gasteiger partial charge in [-0.1, -0.05) is 6.92 Å². The van der Waals surface area contributed by atoms with E-state index < -0.39 is 0 Å². The van der Waals surface area contributed by atoms with Crippen LogP contribution in [0.5, 0.6) is 0 Å². The summed E-state index contributed by atoms with van der Waals surface area (Å²) in [5, 5.41) is 3.61. The first-order chi connectivity index (χ1) is 17.9. The lowest BCUT2D eigenvalue weighted by atomic mass is 9.76. The zero-order valence-corrected chi connectivity index (χ0v) is 22.0. The second-order valence-electron chi connectivity index (χ2n) is 10.2. The van der Waals surface area contributed by atoms with Crippen molar-refractivity contribution in [1.29, 1.82) is 0 Å². The van der Waals surface area contributed by atoms with E-state index in [1.807, 2.05) is 19.4 Å². The van der Waals surface area contributed by atoms with Crippen LogP contribution in [0.25, 0.3) is 10.9 Å². The smallest absolute Gasteiger partial charge is 0.152 e. The molecule has 1 aromatic carbocycles. The molecule has 1 saturated heterocycles. The first-order valence-electron chi connectivity index (χ1n) is 13.1. The molecule has 3 unspecified atom stereocenters. The fourth-order valence-electron chi connectivity index (χ4n) is 5.70. The Bertz CT molecular complexity index is 1190. The van der Waals surface area contributed by atoms with Crippen LogP contribution in [0.15, 0.2) is 42.9 Å². The van der Waals surface area contributed by atoms with Crippen molar-refractivity contribution in [2.75, 3.05) is 37.5 Å². The van der Waals surface area contributed by atoms with Crippen molar-refractivity contribution in [1.82, 2.24) is 9.97 Å². The predicted molar refractivity (Wildman–Crippen MR) is 147 cm³/mol. The van der Waals surface area contributed by atoms with Gasteiger partial charge >= 0.3 is 0 Å². The number of carbonyl (C=O) groups excluding carboxylic acids is 1. The van der Waals surface area contributed by atoms with Gasteiger partial charge in [0.1, 0.15) is 5.82 Å². The van der Waals surface area contributed by atoms with Crippen molar-refractivity contribution < 1.29 is 13.9 Å². The summed E-state index contributed by atoms with van der Waals surface area (Å²) in [7, 11) is 3.68. The first kappa shape index (κ1) is 26.9. The normalized spacial score (nSPS) is 22.3. The summed E-state index contributed by atoms with van der Waals surface area (Å²) in [5.41, 5.74) is 10.3. The zero-order valence-electron chi connectivity index (χ0n) is 22.0. The lowest BCUT2D eigenvalue weighted by Gasteiger charge is -2.32. The number of pyridine rings is 2. The number of aromatic nitrogens is 2. The maximum atomic E-state index is 14.0. The third-order valence-corrected chi connectivity index (χ3v) is 7.62. The number of halogens is 1. The second-order valence-corrected chi connectivity index (χ2v) is 10.2. The highest BCUT2D eigenvalue weighted by molar-refractivity contribution is 5.96. The number of benzene rings is 1. The number of carbonyl (C=O) groups is 1. The second kappa shape index (κ2) is 12.4. The van der Waals surface area contributed by atoms with E-state index in [0.29, 0.717) is 40.8 Å². The molecule has 0 amide bonds. The highest BCUT2D eigenvalue weighted by Gasteiger charge is 2.26. The number of piperidine rings is 1. The molecule has 0 bridgehead atoms. The number of aldehydes is 1. The van der Waals surface area contributed by atoms with E-state index in [-0.39, 0.29) is 5.82 Å². The summed E-state index contributed by atoms with van der Waals surface area (Å²) in [4.78, 5) is 21.6. The van der Waals surface area contributed by atoms with Gasteiger partial charge in [-0.15, -0.1) is 0 Å². The average Bonchev–Trinajstić information content (AvgIpc) is 2.93. The number of rotatable bonds is 5. The van der Waals surface area contributed by atoms with Crippen LogP contribution in [0.3, 0.4) is 0 Å². The number of nitrogens with two attached hydrogens (primary N) is 1. The van der Waals surface area contributed by atoms with E-state index in [2.05, 4.69) is 33.2 Å². The summed E-state index contributed by atoms with van der Waals surface area (Å²) >= 11 is 0. The fourth-order valence-corrected chi connectivity index (χ4v) is 5.70. The molecule has 0 radical (unpaired) electrons. The van der Waals surface area contributed by atoms with E-state index in [0.717, 1.165) is 56.1 Å². The molecule has 3 heterocycles. The minimum absolute atomic E-state index is 0.299. The predicted octanol–water partition coefficient (Wildman–Crippen LogP) is 5.16. The number of nitrogens with one attached hydrogen (secondary N) is 1. The van der Waals surface area contributed by atoms with E-state index in [4.69, 9.17) is 10.5 Å². The standard InChI is InChI=1S/C16H17FN2O2.C13H21N3/c1-21-13-4-6-19(7-5-13)12-8-14-15(17)3-2-11(10-20)16(14)18-9-12;1-9-5-10(7-11(14)6-9)12-3-4-16-8-13(12)15-2/h2-3,8-10,13H,4-7H2,1H3;3-4,8-11,15H,5-7,14H2,1-2H3. The Morgan fingerprint density at radius 1 is 1.16 bits per heavy atom. The van der Waals surface area contributed by atoms with Crippen LogP contribution >= 0.6 is 0 Å². The van der Waals surface area contributed by atoms with E-state index in [1.54, 1.807) is 19.4 Å². The Kier molecular flexibility index (Phi) is 9.05. The van der Waals surface area contributed by atoms with Gasteiger partial charge in [0.2, 0.25) is 0 Å². The highest BCUT2D eigenvalue weighted by Crippen LogP contribution is 2.38. The molecule has 37 heavy (non-hydrogen) atoms. The van der Waals surface area contributed by atoms with Crippen LogP contribution < -0.4 is 16.0 Å². The molecule has 5 rings (SSSR count). The number of hydrogen-bond donors (Lipinski definition) is 2. The van der Waals surface area contributed by atoms with Crippen LogP contribution in [-0.2, 0) is 4.74 Å². The molecular formula is C29H38FN5O2. The SMILES string of the molecule is CNc1cnccc1C1CC(C)CC(N)C1.COC1CCN(c2cnc3c(C=O)ccc(F)c3c2)CC1. The maximum absolute atomic E-state index is 14.0. The van der Waals surface area contributed by atoms with Crippen molar-refractivity contribution in [2.45, 2.75) is 57.1 Å². The van der Waals surface area contributed by atoms with Crippen molar-refractivity contribution in [3.8, 4) is 0 Å². The van der Waals surface area contributed by atoms with Gasteiger partial charge in [-0.2, -0.15) is 0 Å². The van der Waals surface area contributed by atoms with Crippen molar-refractivity contribution in [2.24, 2.45) is 11.7 Å². The molecule has 8 heteroatoms. The summed E-state index contributed by atoms with van der Waals surface area (Å²) in [6.07, 6.45) is 11.9. The molecule has 1 aliphatic heterocycles. The Morgan fingerprint density at radius 2 is 1.95 bits per heavy atom. The van der Waals surface area contributed by atoms with Gasteiger partial charge in [-0.3, -0.25) is 14.8 Å². The lowest BCUT2D eigenvalue weighted by Crippen LogP contribution is -2.36. The molecule has 3 aromatic rings. The average molecular weight is 508 g/mol. The summed E-state index contributed by atoms with van der Waals surface area (Å²) in [5.74, 6) is 0.965. The minimum atomic E-state index is -0.350. The summed E-state index contributed by atoms with van der Waals surface area (Å²) < 4.78 is 19.3. The van der Waals surface area contributed by atoms with Gasteiger partial charge in [-0.25, -0.2) is 4.39 Å². The Labute approximate surface area is 218 Å². The quantitative estimate of drug-likeness (QED) is 0.461. The first-order valence-corrected chi connectivity index (χ1v) is 13.1. The van der Waals surface area contributed by atoms with E-state index >= 15 is 0 Å². The van der Waals surface area contributed by atoms with Gasteiger partial charge in [-0.05, 0) is 73.8 Å². The maximum Gasteiger partial charge on any atom is 0.152 e. The Morgan fingerprint density at radius 3 is 2.62 bits per heavy atom. The van der Waals surface area contributed by atoms with Gasteiger partial charge in [0.05, 0.1) is 35.4 Å². The molecule has 2 aliphatic rings. The van der Waals surface area contributed by atoms with Gasteiger partial charge in [0.15, 0.2) is 6.29 Å². The van der Waals surface area contributed by atoms with E-state index in [1.165, 1.54) is 24.1 Å². The number of anilines is 2. The molecule has 3 atom stereocenters. The van der Waals surface area contributed by atoms with Crippen LogP contribution in [0, 0.1) is 11.7 Å². The molecule has 7 nitrogen and oxygen atoms in total. The largest absolute Gasteiger partial charge is 0.387 e. The third kappa shape index (κ3) is 6.43. The summed E-state index contributed by atoms with van der Waals surface area (Å²) in [6, 6.07) is 7.03. The highest BCUT2D eigenvalue weighted by atomic mass is 19.1. The number of ether oxygens (including phenoxy) is 1. The summed E-state index contributed by atoms with van der Waals surface area (Å²) in [6.45, 7) is 4.02. The van der Waals surface area contributed by atoms with Crippen LogP contribution in [-0.4, -0.2) is 55.6 Å². The topological polar surface area (TPSA) is 93.4 Å². The van der Waals surface area contributed by atoms with Crippen LogP contribution in [0.2, 0.25) is 0 Å². The molecule has 3 N–H and O–H groups in total. The minimum Gasteiger partial charge on any atom is -0.387 e. The Balaban J connectivity index is 0.000000180. The van der Waals surface area contributed by atoms with Gasteiger partial charge in [0, 0.05) is 50.4 Å². The number of fused-ring (bicyclic) bond motifs is 1. The van der Waals surface area contributed by atoms with E-state index in [9.17, 15) is 9.18 Å². The zero-order chi connectivity index (χ0) is 26.4. The van der Waals surface area contributed by atoms with Gasteiger partial charge in [0.25, 0.3) is 0 Å². The van der Waals surface area contributed by atoms with Crippen molar-refractivity contribution >= 4 is 28.6 Å².